The van der Waals surface area contributed by atoms with Gasteiger partial charge in [0.15, 0.2) is 0 Å². The van der Waals surface area contributed by atoms with Crippen molar-refractivity contribution in [3.05, 3.63) is 23.2 Å². The number of carbonyl (C=O) groups is 1. The van der Waals surface area contributed by atoms with Crippen LogP contribution in [0.4, 0.5) is 5.69 Å². The first-order valence-corrected chi connectivity index (χ1v) is 5.26. The number of amides is 1. The van der Waals surface area contributed by atoms with Crippen LogP contribution in [0.2, 0.25) is 5.02 Å². The lowest BCUT2D eigenvalue weighted by Gasteiger charge is -2.08. The van der Waals surface area contributed by atoms with Gasteiger partial charge < -0.3 is 14.8 Å². The number of hydrogen-bond acceptors (Lipinski definition) is 3. The van der Waals surface area contributed by atoms with Crippen molar-refractivity contribution >= 4 is 23.2 Å². The molecule has 5 heteroatoms. The molecule has 88 valence electrons. The first-order valence-electron chi connectivity index (χ1n) is 4.88. The van der Waals surface area contributed by atoms with Crippen LogP contribution in [-0.2, 0) is 9.53 Å². The van der Waals surface area contributed by atoms with E-state index in [2.05, 4.69) is 5.32 Å². The minimum Gasteiger partial charge on any atom is -0.495 e. The number of nitrogens with one attached hydrogen (secondary N) is 1. The Morgan fingerprint density at radius 2 is 2.25 bits per heavy atom. The number of benzene rings is 1. The second-order valence-corrected chi connectivity index (χ2v) is 3.44. The van der Waals surface area contributed by atoms with Crippen LogP contribution >= 0.6 is 11.6 Å². The maximum Gasteiger partial charge on any atom is 0.250 e. The number of carbonyl (C=O) groups excluding carboxylic acids is 1. The van der Waals surface area contributed by atoms with Crippen LogP contribution < -0.4 is 10.1 Å². The Morgan fingerprint density at radius 1 is 1.50 bits per heavy atom. The van der Waals surface area contributed by atoms with Crippen molar-refractivity contribution in [1.82, 2.24) is 0 Å². The molecule has 0 radical (unpaired) electrons. The quantitative estimate of drug-likeness (QED) is 0.864. The highest BCUT2D eigenvalue weighted by Gasteiger charge is 2.05. The van der Waals surface area contributed by atoms with Gasteiger partial charge in [0.25, 0.3) is 0 Å². The van der Waals surface area contributed by atoms with Crippen molar-refractivity contribution in [2.24, 2.45) is 0 Å². The summed E-state index contributed by atoms with van der Waals surface area (Å²) in [5.74, 6) is 0.321. The SMILES string of the molecule is CCOCC(=O)Nc1ccc(Cl)c(OC)c1. The van der Waals surface area contributed by atoms with E-state index in [1.807, 2.05) is 6.92 Å². The zero-order valence-electron chi connectivity index (χ0n) is 9.25. The zero-order valence-corrected chi connectivity index (χ0v) is 10.0. The predicted octanol–water partition coefficient (Wildman–Crippen LogP) is 2.32. The highest BCUT2D eigenvalue weighted by molar-refractivity contribution is 6.32. The first kappa shape index (κ1) is 12.8. The van der Waals surface area contributed by atoms with Crippen LogP contribution in [0.3, 0.4) is 0 Å². The van der Waals surface area contributed by atoms with E-state index in [4.69, 9.17) is 21.1 Å². The van der Waals surface area contributed by atoms with Crippen LogP contribution in [-0.4, -0.2) is 26.2 Å². The smallest absolute Gasteiger partial charge is 0.250 e. The molecule has 0 aliphatic rings. The van der Waals surface area contributed by atoms with Gasteiger partial charge in [-0.3, -0.25) is 4.79 Å². The summed E-state index contributed by atoms with van der Waals surface area (Å²) >= 11 is 5.85. The molecule has 0 aliphatic carbocycles. The van der Waals surface area contributed by atoms with Crippen LogP contribution in [0.5, 0.6) is 5.75 Å². The van der Waals surface area contributed by atoms with Crippen molar-refractivity contribution in [3.63, 3.8) is 0 Å². The molecule has 0 saturated carbocycles. The molecule has 0 bridgehead atoms. The number of halogens is 1. The van der Waals surface area contributed by atoms with Gasteiger partial charge >= 0.3 is 0 Å². The summed E-state index contributed by atoms with van der Waals surface area (Å²) in [7, 11) is 1.52. The van der Waals surface area contributed by atoms with Crippen LogP contribution in [0.15, 0.2) is 18.2 Å². The Labute approximate surface area is 99.5 Å². The molecule has 1 amide bonds. The van der Waals surface area contributed by atoms with E-state index < -0.39 is 0 Å². The first-order chi connectivity index (χ1) is 7.67. The fraction of sp³-hybridized carbons (Fsp3) is 0.364. The Balaban J connectivity index is 2.63. The lowest BCUT2D eigenvalue weighted by atomic mass is 10.3. The number of anilines is 1. The fourth-order valence-corrected chi connectivity index (χ4v) is 1.32. The molecule has 4 nitrogen and oxygen atoms in total. The third-order valence-corrected chi connectivity index (χ3v) is 2.18. The number of ether oxygens (including phenoxy) is 2. The van der Waals surface area contributed by atoms with E-state index in [0.29, 0.717) is 23.1 Å². The largest absolute Gasteiger partial charge is 0.495 e. The van der Waals surface area contributed by atoms with E-state index in [1.165, 1.54) is 7.11 Å². The topological polar surface area (TPSA) is 47.6 Å². The predicted molar refractivity (Wildman–Crippen MR) is 63.1 cm³/mol. The Kier molecular flexibility index (Phi) is 5.08. The monoisotopic (exact) mass is 243 g/mol. The molecule has 16 heavy (non-hydrogen) atoms. The van der Waals surface area contributed by atoms with Crippen molar-refractivity contribution in [2.75, 3.05) is 25.6 Å². The molecule has 1 aromatic carbocycles. The summed E-state index contributed by atoms with van der Waals surface area (Å²) in [6, 6.07) is 5.03. The molecular formula is C11H14ClNO3. The second kappa shape index (κ2) is 6.35. The van der Waals surface area contributed by atoms with E-state index in [9.17, 15) is 4.79 Å². The van der Waals surface area contributed by atoms with Crippen molar-refractivity contribution in [1.29, 1.82) is 0 Å². The minimum atomic E-state index is -0.203. The standard InChI is InChI=1S/C11H14ClNO3/c1-3-16-7-11(14)13-8-4-5-9(12)10(6-8)15-2/h4-6H,3,7H2,1-2H3,(H,13,14). The van der Waals surface area contributed by atoms with Gasteiger partial charge in [-0.15, -0.1) is 0 Å². The molecular weight excluding hydrogens is 230 g/mol. The number of hydrogen-bond donors (Lipinski definition) is 1. The molecule has 0 heterocycles. The van der Waals surface area contributed by atoms with E-state index in [1.54, 1.807) is 18.2 Å². The van der Waals surface area contributed by atoms with Crippen molar-refractivity contribution in [2.45, 2.75) is 6.92 Å². The van der Waals surface area contributed by atoms with Gasteiger partial charge in [-0.05, 0) is 19.1 Å². The fourth-order valence-electron chi connectivity index (χ4n) is 1.13. The average Bonchev–Trinajstić information content (AvgIpc) is 2.29. The Morgan fingerprint density at radius 3 is 2.88 bits per heavy atom. The summed E-state index contributed by atoms with van der Waals surface area (Å²) in [5.41, 5.74) is 0.631. The summed E-state index contributed by atoms with van der Waals surface area (Å²) < 4.78 is 10.0. The highest BCUT2D eigenvalue weighted by atomic mass is 35.5. The lowest BCUT2D eigenvalue weighted by molar-refractivity contribution is -0.120. The van der Waals surface area contributed by atoms with Gasteiger partial charge in [0.2, 0.25) is 5.91 Å². The maximum atomic E-state index is 11.3. The number of rotatable bonds is 5. The summed E-state index contributed by atoms with van der Waals surface area (Å²) in [5, 5.41) is 3.18. The minimum absolute atomic E-state index is 0.0431. The Bertz CT molecular complexity index is 368. The van der Waals surface area contributed by atoms with Gasteiger partial charge in [-0.1, -0.05) is 11.6 Å². The molecule has 1 N–H and O–H groups in total. The van der Waals surface area contributed by atoms with Gasteiger partial charge in [-0.25, -0.2) is 0 Å². The molecule has 0 fully saturated rings. The van der Waals surface area contributed by atoms with Crippen LogP contribution in [0, 0.1) is 0 Å². The number of methoxy groups -OCH3 is 1. The van der Waals surface area contributed by atoms with Gasteiger partial charge in [0, 0.05) is 18.4 Å². The van der Waals surface area contributed by atoms with E-state index in [-0.39, 0.29) is 12.5 Å². The van der Waals surface area contributed by atoms with Crippen LogP contribution in [0.1, 0.15) is 6.92 Å². The molecule has 0 aromatic heterocycles. The van der Waals surface area contributed by atoms with E-state index in [0.717, 1.165) is 0 Å². The van der Waals surface area contributed by atoms with Crippen LogP contribution in [0.25, 0.3) is 0 Å². The third-order valence-electron chi connectivity index (χ3n) is 1.87. The van der Waals surface area contributed by atoms with Crippen molar-refractivity contribution in [3.8, 4) is 5.75 Å². The van der Waals surface area contributed by atoms with Gasteiger partial charge in [0.05, 0.1) is 12.1 Å². The highest BCUT2D eigenvalue weighted by Crippen LogP contribution is 2.27. The molecule has 0 atom stereocenters. The third kappa shape index (κ3) is 3.72. The van der Waals surface area contributed by atoms with Gasteiger partial charge in [-0.2, -0.15) is 0 Å². The lowest BCUT2D eigenvalue weighted by Crippen LogP contribution is -2.18. The molecule has 0 spiro atoms. The zero-order chi connectivity index (χ0) is 12.0. The van der Waals surface area contributed by atoms with E-state index >= 15 is 0 Å². The summed E-state index contributed by atoms with van der Waals surface area (Å²) in [6.45, 7) is 2.39. The van der Waals surface area contributed by atoms with Crippen molar-refractivity contribution < 1.29 is 14.3 Å². The molecule has 0 saturated heterocycles. The average molecular weight is 244 g/mol. The molecule has 1 aromatic rings. The molecule has 0 aliphatic heterocycles. The maximum absolute atomic E-state index is 11.3. The van der Waals surface area contributed by atoms with Gasteiger partial charge in [0.1, 0.15) is 12.4 Å². The Hall–Kier alpha value is -1.26. The summed E-state index contributed by atoms with van der Waals surface area (Å²) in [6.07, 6.45) is 0. The normalized spacial score (nSPS) is 9.94. The molecule has 0 unspecified atom stereocenters. The second-order valence-electron chi connectivity index (χ2n) is 3.03. The molecule has 1 rings (SSSR count). The summed E-state index contributed by atoms with van der Waals surface area (Å²) in [4.78, 5) is 11.3.